The van der Waals surface area contributed by atoms with E-state index in [1.807, 2.05) is 50.2 Å². The van der Waals surface area contributed by atoms with Crippen molar-refractivity contribution < 1.29 is 50.1 Å². The quantitative estimate of drug-likeness (QED) is 0.0953. The van der Waals surface area contributed by atoms with E-state index in [1.54, 1.807) is 6.07 Å². The Bertz CT molecular complexity index is 2390. The summed E-state index contributed by atoms with van der Waals surface area (Å²) in [5.41, 5.74) is 7.04. The fourth-order valence-electron chi connectivity index (χ4n) is 7.33. The van der Waals surface area contributed by atoms with Crippen LogP contribution in [-0.2, 0) is 27.4 Å². The highest BCUT2D eigenvalue weighted by Gasteiger charge is 2.26. The van der Waals surface area contributed by atoms with Crippen LogP contribution in [0.5, 0.6) is 11.5 Å². The fraction of sp³-hybridized carbons (Fsp3) is 0.341. The summed E-state index contributed by atoms with van der Waals surface area (Å²) in [5, 5.41) is 3.06. The zero-order chi connectivity index (χ0) is 38.9. The molecule has 0 spiro atoms. The summed E-state index contributed by atoms with van der Waals surface area (Å²) in [6.45, 7) is 1.06. The minimum absolute atomic E-state index is 0.0353. The van der Waals surface area contributed by atoms with E-state index in [9.17, 15) is 22.4 Å². The van der Waals surface area contributed by atoms with Gasteiger partial charge in [0.25, 0.3) is 0 Å². The van der Waals surface area contributed by atoms with E-state index in [1.165, 1.54) is 18.2 Å². The van der Waals surface area contributed by atoms with E-state index in [4.69, 9.17) is 37.7 Å². The van der Waals surface area contributed by atoms with Crippen LogP contribution in [0, 0.1) is 13.8 Å². The molecule has 15 heteroatoms. The van der Waals surface area contributed by atoms with Crippen molar-refractivity contribution in [1.29, 1.82) is 0 Å². The van der Waals surface area contributed by atoms with Crippen molar-refractivity contribution in [3.8, 4) is 45.5 Å². The number of hydrogen-bond donors (Lipinski definition) is 1. The molecule has 56 heavy (non-hydrogen) atoms. The molecule has 0 unspecified atom stereocenters. The zero-order valence-electron chi connectivity index (χ0n) is 30.6. The number of nitrogens with zero attached hydrogens (tertiary/aromatic N) is 3. The molecule has 0 radical (unpaired) electrons. The Morgan fingerprint density at radius 3 is 1.88 bits per heavy atom. The third-order valence-corrected chi connectivity index (χ3v) is 10.2. The van der Waals surface area contributed by atoms with Crippen molar-refractivity contribution in [3.63, 3.8) is 0 Å². The van der Waals surface area contributed by atoms with Crippen molar-refractivity contribution >= 4 is 28.2 Å². The van der Waals surface area contributed by atoms with Crippen LogP contribution in [0.2, 0.25) is 0 Å². The highest BCUT2D eigenvalue weighted by atomic mass is 19.3. The molecule has 8 rings (SSSR count). The summed E-state index contributed by atoms with van der Waals surface area (Å²) in [6, 6.07) is 17.0. The number of halogens is 4. The van der Waals surface area contributed by atoms with E-state index in [-0.39, 0.29) is 35.1 Å². The van der Waals surface area contributed by atoms with Crippen LogP contribution in [0.4, 0.5) is 17.6 Å². The molecule has 2 aliphatic heterocycles. The predicted octanol–water partition coefficient (Wildman–Crippen LogP) is 8.42. The summed E-state index contributed by atoms with van der Waals surface area (Å²) >= 11 is 0. The Morgan fingerprint density at radius 2 is 1.34 bits per heavy atom. The number of rotatable bonds is 12. The van der Waals surface area contributed by atoms with Crippen LogP contribution in [0.15, 0.2) is 69.5 Å². The largest absolute Gasteiger partial charge is 0.460 e. The monoisotopic (exact) mass is 774 g/mol. The van der Waals surface area contributed by atoms with Crippen molar-refractivity contribution in [2.75, 3.05) is 32.8 Å². The number of aromatic nitrogens is 2. The number of esters is 1. The SMILES string of the molecule is Cc1c(-c2nc3cc(COC(=O)[C@@H]4CCCN4)c(OC(F)F)cc3o2)cccc1-c1cccc(-c2nc3cc(CN4CCOCC4)c(OC(F)F)cc3o2)c1C. The smallest absolute Gasteiger partial charge is 0.387 e. The predicted molar refractivity (Wildman–Crippen MR) is 198 cm³/mol. The Balaban J connectivity index is 1.10. The first kappa shape index (κ1) is 37.4. The number of nitrogens with one attached hydrogen (secondary N) is 1. The Morgan fingerprint density at radius 1 is 0.804 bits per heavy atom. The van der Waals surface area contributed by atoms with Gasteiger partial charge in [0.15, 0.2) is 11.2 Å². The zero-order valence-corrected chi connectivity index (χ0v) is 30.6. The average molecular weight is 775 g/mol. The number of ether oxygens (including phenoxy) is 4. The van der Waals surface area contributed by atoms with E-state index in [2.05, 4.69) is 10.2 Å². The number of oxazole rings is 2. The molecular formula is C41H38F4N4O7. The number of alkyl halides is 4. The van der Waals surface area contributed by atoms with Gasteiger partial charge in [-0.2, -0.15) is 17.6 Å². The molecule has 4 aromatic carbocycles. The van der Waals surface area contributed by atoms with E-state index in [0.717, 1.165) is 28.7 Å². The second kappa shape index (κ2) is 15.9. The summed E-state index contributed by atoms with van der Waals surface area (Å²) in [4.78, 5) is 24.1. The number of carbonyl (C=O) groups excluding carboxylic acids is 1. The summed E-state index contributed by atoms with van der Waals surface area (Å²) in [7, 11) is 0. The van der Waals surface area contributed by atoms with Crippen LogP contribution >= 0.6 is 0 Å². The summed E-state index contributed by atoms with van der Waals surface area (Å²) < 4.78 is 86.6. The van der Waals surface area contributed by atoms with Crippen molar-refractivity contribution in [2.24, 2.45) is 0 Å². The molecule has 0 bridgehead atoms. The highest BCUT2D eigenvalue weighted by molar-refractivity contribution is 5.85. The second-order valence-corrected chi connectivity index (χ2v) is 13.8. The van der Waals surface area contributed by atoms with Crippen molar-refractivity contribution in [1.82, 2.24) is 20.2 Å². The molecule has 0 saturated carbocycles. The van der Waals surface area contributed by atoms with Crippen LogP contribution in [0.1, 0.15) is 35.1 Å². The minimum Gasteiger partial charge on any atom is -0.460 e. The van der Waals surface area contributed by atoms with Gasteiger partial charge in [-0.05, 0) is 79.8 Å². The topological polar surface area (TPSA) is 121 Å². The number of morpholine rings is 1. The van der Waals surface area contributed by atoms with Gasteiger partial charge < -0.3 is 33.1 Å². The van der Waals surface area contributed by atoms with Crippen molar-refractivity contribution in [3.05, 3.63) is 82.9 Å². The molecular weight excluding hydrogens is 736 g/mol. The third-order valence-electron chi connectivity index (χ3n) is 10.2. The second-order valence-electron chi connectivity index (χ2n) is 13.8. The van der Waals surface area contributed by atoms with Gasteiger partial charge in [0, 0.05) is 54.0 Å². The number of carbonyl (C=O) groups is 1. The van der Waals surface area contributed by atoms with Gasteiger partial charge >= 0.3 is 19.2 Å². The Kier molecular flexibility index (Phi) is 10.6. The highest BCUT2D eigenvalue weighted by Crippen LogP contribution is 2.39. The average Bonchev–Trinajstić information content (AvgIpc) is 3.95. The lowest BCUT2D eigenvalue weighted by molar-refractivity contribution is -0.147. The first-order valence-electron chi connectivity index (χ1n) is 18.3. The summed E-state index contributed by atoms with van der Waals surface area (Å²) in [6.07, 6.45) is 1.49. The molecule has 2 aliphatic rings. The van der Waals surface area contributed by atoms with Crippen LogP contribution in [0.25, 0.3) is 56.2 Å². The van der Waals surface area contributed by atoms with Gasteiger partial charge in [0.1, 0.15) is 35.2 Å². The van der Waals surface area contributed by atoms with Gasteiger partial charge in [0.05, 0.1) is 13.2 Å². The molecule has 0 amide bonds. The first-order chi connectivity index (χ1) is 27.1. The van der Waals surface area contributed by atoms with Gasteiger partial charge in [-0.3, -0.25) is 9.69 Å². The number of benzene rings is 4. The number of fused-ring (bicyclic) bond motifs is 2. The third kappa shape index (κ3) is 7.79. The first-order valence-corrected chi connectivity index (χ1v) is 18.3. The van der Waals surface area contributed by atoms with Crippen LogP contribution in [0.3, 0.4) is 0 Å². The van der Waals surface area contributed by atoms with Crippen LogP contribution < -0.4 is 14.8 Å². The molecule has 6 aromatic rings. The number of hydrogen-bond acceptors (Lipinski definition) is 11. The van der Waals surface area contributed by atoms with E-state index < -0.39 is 25.2 Å². The summed E-state index contributed by atoms with van der Waals surface area (Å²) in [5.74, 6) is -0.0224. The lowest BCUT2D eigenvalue weighted by Crippen LogP contribution is -2.35. The molecule has 0 aliphatic carbocycles. The van der Waals surface area contributed by atoms with Crippen LogP contribution in [-0.4, -0.2) is 73.0 Å². The molecule has 4 heterocycles. The lowest BCUT2D eigenvalue weighted by Gasteiger charge is -2.27. The molecule has 11 nitrogen and oxygen atoms in total. The molecule has 1 atom stereocenters. The lowest BCUT2D eigenvalue weighted by atomic mass is 9.91. The Hall–Kier alpha value is -5.51. The van der Waals surface area contributed by atoms with E-state index >= 15 is 0 Å². The normalized spacial score (nSPS) is 16.4. The van der Waals surface area contributed by atoms with Gasteiger partial charge in [-0.25, -0.2) is 9.97 Å². The molecule has 292 valence electrons. The molecule has 1 N–H and O–H groups in total. The molecule has 2 fully saturated rings. The maximum Gasteiger partial charge on any atom is 0.387 e. The van der Waals surface area contributed by atoms with E-state index in [0.29, 0.717) is 85.0 Å². The minimum atomic E-state index is -3.11. The molecule has 2 saturated heterocycles. The van der Waals surface area contributed by atoms with Crippen molar-refractivity contribution in [2.45, 2.75) is 59.1 Å². The Labute approximate surface area is 318 Å². The maximum absolute atomic E-state index is 13.4. The van der Waals surface area contributed by atoms with Gasteiger partial charge in [-0.15, -0.1) is 0 Å². The standard InChI is InChI=1S/C41H38F4N4O7/c1-22-26(6-3-8-28(22)37-47-31-16-24(20-49-12-14-51-15-13-49)33(55-40(42)43)18-35(31)53-37)27-7-4-9-29(23(27)2)38-48-32-17-25(21-52-39(50)30-10-5-11-46-30)34(56-41(44)45)19-36(32)54-38/h3-4,6-9,16-19,30,40-41,46H,5,10-15,20-21H2,1-2H3/t30-/m0/s1. The maximum atomic E-state index is 13.4. The fourth-order valence-corrected chi connectivity index (χ4v) is 7.33. The molecule has 2 aromatic heterocycles. The van der Waals surface area contributed by atoms with Gasteiger partial charge in [0.2, 0.25) is 11.8 Å². The van der Waals surface area contributed by atoms with Gasteiger partial charge in [-0.1, -0.05) is 24.3 Å².